The van der Waals surface area contributed by atoms with Crippen LogP contribution in [0.15, 0.2) is 12.3 Å². The minimum Gasteiger partial charge on any atom is -0.480 e. The minimum atomic E-state index is -0.865. The minimum absolute atomic E-state index is 0.347. The molecule has 0 aromatic carbocycles. The third kappa shape index (κ3) is 2.55. The Morgan fingerprint density at radius 3 is 2.92 bits per heavy atom. The second-order valence-corrected chi connectivity index (χ2v) is 2.86. The smallest absolute Gasteiger partial charge is 0.322 e. The Bertz CT molecular complexity index is 295. The van der Waals surface area contributed by atoms with E-state index in [4.69, 9.17) is 5.11 Å². The van der Waals surface area contributed by atoms with Crippen LogP contribution in [0.2, 0.25) is 0 Å². The van der Waals surface area contributed by atoms with Crippen molar-refractivity contribution in [3.05, 3.63) is 18.0 Å². The van der Waals surface area contributed by atoms with Crippen LogP contribution in [0, 0.1) is 6.92 Å². The molecule has 1 aromatic heterocycles. The highest BCUT2D eigenvalue weighted by Gasteiger charge is 2.15. The van der Waals surface area contributed by atoms with Gasteiger partial charge in [0.15, 0.2) is 0 Å². The van der Waals surface area contributed by atoms with Crippen LogP contribution in [-0.2, 0) is 11.3 Å². The number of hydrogen-bond acceptors (Lipinski definition) is 3. The van der Waals surface area contributed by atoms with Gasteiger partial charge in [0.1, 0.15) is 6.04 Å². The average Bonchev–Trinajstić information content (AvgIpc) is 2.46. The fraction of sp³-hybridized carbons (Fsp3) is 0.500. The van der Waals surface area contributed by atoms with Crippen molar-refractivity contribution in [2.24, 2.45) is 0 Å². The third-order valence-corrected chi connectivity index (χ3v) is 1.79. The zero-order chi connectivity index (χ0) is 9.84. The number of aromatic nitrogens is 2. The first-order valence-electron chi connectivity index (χ1n) is 4.03. The maximum atomic E-state index is 10.6. The highest BCUT2D eigenvalue weighted by molar-refractivity contribution is 5.73. The van der Waals surface area contributed by atoms with Crippen molar-refractivity contribution >= 4 is 5.97 Å². The van der Waals surface area contributed by atoms with Crippen LogP contribution in [0.1, 0.15) is 5.69 Å². The normalized spacial score (nSPS) is 12.8. The largest absolute Gasteiger partial charge is 0.480 e. The van der Waals surface area contributed by atoms with Crippen molar-refractivity contribution in [1.82, 2.24) is 15.1 Å². The number of aryl methyl sites for hydroxylation is 1. The molecule has 0 bridgehead atoms. The van der Waals surface area contributed by atoms with E-state index in [1.165, 1.54) is 0 Å². The summed E-state index contributed by atoms with van der Waals surface area (Å²) in [5, 5.41) is 15.5. The lowest BCUT2D eigenvalue weighted by Crippen LogP contribution is -2.37. The number of hydrogen-bond donors (Lipinski definition) is 2. The van der Waals surface area contributed by atoms with Crippen molar-refractivity contribution in [2.45, 2.75) is 19.5 Å². The number of nitrogens with zero attached hydrogens (tertiary/aromatic N) is 2. The molecule has 0 radical (unpaired) electrons. The Balaban J connectivity index is 2.61. The van der Waals surface area contributed by atoms with Gasteiger partial charge in [0.05, 0.1) is 12.2 Å². The van der Waals surface area contributed by atoms with Crippen LogP contribution in [0.25, 0.3) is 0 Å². The summed E-state index contributed by atoms with van der Waals surface area (Å²) >= 11 is 0. The van der Waals surface area contributed by atoms with E-state index in [-0.39, 0.29) is 0 Å². The summed E-state index contributed by atoms with van der Waals surface area (Å²) in [5.41, 5.74) is 0.889. The van der Waals surface area contributed by atoms with Gasteiger partial charge in [-0.05, 0) is 20.0 Å². The third-order valence-electron chi connectivity index (χ3n) is 1.79. The maximum absolute atomic E-state index is 10.6. The second-order valence-electron chi connectivity index (χ2n) is 2.86. The van der Waals surface area contributed by atoms with Gasteiger partial charge in [-0.2, -0.15) is 5.10 Å². The summed E-state index contributed by atoms with van der Waals surface area (Å²) in [6.07, 6.45) is 1.77. The molecule has 0 amide bonds. The average molecular weight is 183 g/mol. The molecule has 1 rings (SSSR count). The fourth-order valence-corrected chi connectivity index (χ4v) is 1.04. The van der Waals surface area contributed by atoms with Crippen molar-refractivity contribution in [3.63, 3.8) is 0 Å². The molecule has 13 heavy (non-hydrogen) atoms. The summed E-state index contributed by atoms with van der Waals surface area (Å²) in [4.78, 5) is 10.6. The molecule has 1 aromatic rings. The summed E-state index contributed by atoms with van der Waals surface area (Å²) in [6.45, 7) is 2.21. The lowest BCUT2D eigenvalue weighted by molar-refractivity contribution is -0.139. The van der Waals surface area contributed by atoms with E-state index in [0.717, 1.165) is 5.69 Å². The van der Waals surface area contributed by atoms with E-state index in [9.17, 15) is 4.79 Å². The molecule has 1 atom stereocenters. The molecule has 0 fully saturated rings. The number of carboxylic acids is 1. The molecule has 0 saturated carbocycles. The van der Waals surface area contributed by atoms with Crippen LogP contribution in [0.4, 0.5) is 0 Å². The van der Waals surface area contributed by atoms with E-state index in [0.29, 0.717) is 6.54 Å². The molecule has 2 N–H and O–H groups in total. The standard InChI is InChI=1S/C8H13N3O2/c1-6-3-4-11(10-6)5-7(9-2)8(12)13/h3-4,7,9H,5H2,1-2H3,(H,12,13). The van der Waals surface area contributed by atoms with E-state index >= 15 is 0 Å². The Kier molecular flexibility index (Phi) is 3.02. The van der Waals surface area contributed by atoms with E-state index in [2.05, 4.69) is 10.4 Å². The van der Waals surface area contributed by atoms with Crippen LogP contribution in [0.3, 0.4) is 0 Å². The summed E-state index contributed by atoms with van der Waals surface area (Å²) in [5.74, 6) is -0.865. The Morgan fingerprint density at radius 2 is 2.54 bits per heavy atom. The van der Waals surface area contributed by atoms with Crippen molar-refractivity contribution < 1.29 is 9.90 Å². The Hall–Kier alpha value is -1.36. The summed E-state index contributed by atoms with van der Waals surface area (Å²) < 4.78 is 1.62. The fourth-order valence-electron chi connectivity index (χ4n) is 1.04. The van der Waals surface area contributed by atoms with Gasteiger partial charge in [-0.25, -0.2) is 0 Å². The van der Waals surface area contributed by atoms with Crippen LogP contribution < -0.4 is 5.32 Å². The highest BCUT2D eigenvalue weighted by atomic mass is 16.4. The number of likely N-dealkylation sites (N-methyl/N-ethyl adjacent to an activating group) is 1. The number of aliphatic carboxylic acids is 1. The van der Waals surface area contributed by atoms with Gasteiger partial charge in [0, 0.05) is 6.20 Å². The number of rotatable bonds is 4. The molecule has 5 nitrogen and oxygen atoms in total. The zero-order valence-electron chi connectivity index (χ0n) is 7.69. The van der Waals surface area contributed by atoms with Gasteiger partial charge in [-0.15, -0.1) is 0 Å². The van der Waals surface area contributed by atoms with E-state index in [1.54, 1.807) is 17.9 Å². The van der Waals surface area contributed by atoms with Gasteiger partial charge in [0.25, 0.3) is 0 Å². The van der Waals surface area contributed by atoms with Gasteiger partial charge < -0.3 is 10.4 Å². The van der Waals surface area contributed by atoms with Crippen LogP contribution >= 0.6 is 0 Å². The van der Waals surface area contributed by atoms with Gasteiger partial charge in [0.2, 0.25) is 0 Å². The first-order valence-corrected chi connectivity index (χ1v) is 4.03. The molecule has 72 valence electrons. The van der Waals surface area contributed by atoms with Gasteiger partial charge >= 0.3 is 5.97 Å². The quantitative estimate of drug-likeness (QED) is 0.682. The van der Waals surface area contributed by atoms with Gasteiger partial charge in [-0.3, -0.25) is 9.48 Å². The van der Waals surface area contributed by atoms with Crippen molar-refractivity contribution in [1.29, 1.82) is 0 Å². The molecule has 0 aliphatic rings. The summed E-state index contributed by atoms with van der Waals surface area (Å²) in [6, 6.07) is 1.26. The monoisotopic (exact) mass is 183 g/mol. The molecule has 1 unspecified atom stereocenters. The highest BCUT2D eigenvalue weighted by Crippen LogP contribution is 1.95. The zero-order valence-corrected chi connectivity index (χ0v) is 7.69. The molecule has 1 heterocycles. The van der Waals surface area contributed by atoms with Crippen molar-refractivity contribution in [3.8, 4) is 0 Å². The number of nitrogens with one attached hydrogen (secondary N) is 1. The SMILES string of the molecule is CNC(Cn1ccc(C)n1)C(=O)O. The maximum Gasteiger partial charge on any atom is 0.322 e. The molecular weight excluding hydrogens is 170 g/mol. The lowest BCUT2D eigenvalue weighted by Gasteiger charge is -2.10. The molecule has 0 aliphatic carbocycles. The Labute approximate surface area is 76.4 Å². The molecule has 0 saturated heterocycles. The van der Waals surface area contributed by atoms with Gasteiger partial charge in [-0.1, -0.05) is 0 Å². The predicted molar refractivity (Wildman–Crippen MR) is 47.4 cm³/mol. The van der Waals surface area contributed by atoms with Crippen LogP contribution in [-0.4, -0.2) is 33.9 Å². The second kappa shape index (κ2) is 4.04. The van der Waals surface area contributed by atoms with Crippen molar-refractivity contribution in [2.75, 3.05) is 7.05 Å². The van der Waals surface area contributed by atoms with E-state index in [1.807, 2.05) is 13.0 Å². The lowest BCUT2D eigenvalue weighted by atomic mass is 10.3. The number of carboxylic acid groups (broad SMARTS) is 1. The topological polar surface area (TPSA) is 67.2 Å². The molecule has 5 heteroatoms. The van der Waals surface area contributed by atoms with Crippen LogP contribution in [0.5, 0.6) is 0 Å². The first kappa shape index (κ1) is 9.73. The number of carbonyl (C=O) groups is 1. The Morgan fingerprint density at radius 1 is 1.85 bits per heavy atom. The summed E-state index contributed by atoms with van der Waals surface area (Å²) in [7, 11) is 1.62. The predicted octanol–water partition coefficient (Wildman–Crippen LogP) is -0.136. The molecule has 0 aliphatic heterocycles. The van der Waals surface area contributed by atoms with E-state index < -0.39 is 12.0 Å². The molecular formula is C8H13N3O2. The molecule has 0 spiro atoms. The first-order chi connectivity index (χ1) is 6.13.